The number of hydrogen-bond acceptors (Lipinski definition) is 12. The van der Waals surface area contributed by atoms with Crippen LogP contribution < -0.4 is 5.56 Å². The standard InChI is InChI=1S/C19H25NO11S/c21-5-8-11(23)12(24)15(27)19(30-8)31-16-9(6-22)29-18(14(26)13(16)25)20-17(28)7-3-1-2-4-10(7)32-20/h1-4,8-9,11-16,18-19,21-27H,5-6H2/t8?,9?,11-,12?,13?,14?,15?,16-,18-,19-/m1/s1. The predicted octanol–water partition coefficient (Wildman–Crippen LogP) is -3.14. The molecule has 6 unspecified atom stereocenters. The first-order valence-corrected chi connectivity index (χ1v) is 10.7. The Morgan fingerprint density at radius 2 is 1.56 bits per heavy atom. The zero-order valence-corrected chi connectivity index (χ0v) is 17.4. The van der Waals surface area contributed by atoms with E-state index >= 15 is 0 Å². The second-order valence-electron chi connectivity index (χ2n) is 7.75. The summed E-state index contributed by atoms with van der Waals surface area (Å²) in [6.07, 6.45) is -15.3. The SMILES string of the molecule is O=c1c2ccccc2sn1[C@@H]1OC(CO)[C@@H](O[C@H]2OC(CO)[C@@H](O)C(O)C2O)C(O)C1O. The van der Waals surface area contributed by atoms with Crippen molar-refractivity contribution < 1.29 is 50.0 Å². The lowest BCUT2D eigenvalue weighted by Gasteiger charge is -2.46. The van der Waals surface area contributed by atoms with Crippen LogP contribution in [0.4, 0.5) is 0 Å². The highest BCUT2D eigenvalue weighted by atomic mass is 32.1. The monoisotopic (exact) mass is 475 g/mol. The van der Waals surface area contributed by atoms with Gasteiger partial charge in [0.2, 0.25) is 0 Å². The number of fused-ring (bicyclic) bond motifs is 1. The molecule has 32 heavy (non-hydrogen) atoms. The fourth-order valence-corrected chi connectivity index (χ4v) is 4.98. The third-order valence-corrected chi connectivity index (χ3v) is 6.85. The minimum atomic E-state index is -1.75. The molecule has 3 heterocycles. The van der Waals surface area contributed by atoms with Gasteiger partial charge in [-0.05, 0) is 12.1 Å². The normalized spacial score (nSPS) is 40.6. The smallest absolute Gasteiger partial charge is 0.270 e. The summed E-state index contributed by atoms with van der Waals surface area (Å²) in [6, 6.07) is 6.77. The summed E-state index contributed by atoms with van der Waals surface area (Å²) in [5.41, 5.74) is -0.438. The minimum Gasteiger partial charge on any atom is -0.394 e. The molecule has 1 aromatic heterocycles. The fraction of sp³-hybridized carbons (Fsp3) is 0.632. The maximum atomic E-state index is 12.7. The molecular formula is C19H25NO11S. The topological polar surface area (TPSA) is 191 Å². The minimum absolute atomic E-state index is 0.406. The largest absolute Gasteiger partial charge is 0.394 e. The fourth-order valence-electron chi connectivity index (χ4n) is 3.92. The molecule has 2 aliphatic heterocycles. The number of rotatable bonds is 5. The van der Waals surface area contributed by atoms with Crippen molar-refractivity contribution in [3.63, 3.8) is 0 Å². The van der Waals surface area contributed by atoms with Crippen LogP contribution in [0.2, 0.25) is 0 Å². The second kappa shape index (κ2) is 9.40. The van der Waals surface area contributed by atoms with Crippen molar-refractivity contribution in [3.8, 4) is 0 Å². The number of ether oxygens (including phenoxy) is 3. The molecular weight excluding hydrogens is 450 g/mol. The van der Waals surface area contributed by atoms with Crippen molar-refractivity contribution >= 4 is 21.6 Å². The van der Waals surface area contributed by atoms with Gasteiger partial charge in [-0.15, -0.1) is 0 Å². The van der Waals surface area contributed by atoms with Crippen LogP contribution >= 0.6 is 11.5 Å². The van der Waals surface area contributed by atoms with Gasteiger partial charge in [0.15, 0.2) is 12.5 Å². The van der Waals surface area contributed by atoms with Gasteiger partial charge in [0.25, 0.3) is 5.56 Å². The number of aromatic nitrogens is 1. The molecule has 2 fully saturated rings. The molecule has 2 aliphatic rings. The molecule has 13 heteroatoms. The lowest BCUT2D eigenvalue weighted by molar-refractivity contribution is -0.346. The van der Waals surface area contributed by atoms with Crippen LogP contribution in [-0.2, 0) is 14.2 Å². The molecule has 0 aliphatic carbocycles. The van der Waals surface area contributed by atoms with E-state index in [0.29, 0.717) is 10.1 Å². The lowest BCUT2D eigenvalue weighted by atomic mass is 9.96. The molecule has 0 bridgehead atoms. The van der Waals surface area contributed by atoms with Crippen LogP contribution in [0.5, 0.6) is 0 Å². The van der Waals surface area contributed by atoms with E-state index in [2.05, 4.69) is 0 Å². The van der Waals surface area contributed by atoms with Gasteiger partial charge in [0, 0.05) is 0 Å². The van der Waals surface area contributed by atoms with Crippen LogP contribution in [-0.4, -0.2) is 108 Å². The third-order valence-electron chi connectivity index (χ3n) is 5.72. The molecule has 2 aromatic rings. The molecule has 0 saturated carbocycles. The molecule has 1 aromatic carbocycles. The molecule has 10 atom stereocenters. The first-order valence-electron chi connectivity index (χ1n) is 9.97. The number of aliphatic hydroxyl groups is 7. The first kappa shape index (κ1) is 23.7. The lowest BCUT2D eigenvalue weighted by Crippen LogP contribution is -2.63. The Morgan fingerprint density at radius 1 is 0.875 bits per heavy atom. The first-order chi connectivity index (χ1) is 15.3. The molecule has 0 amide bonds. The third kappa shape index (κ3) is 3.99. The second-order valence-corrected chi connectivity index (χ2v) is 8.76. The molecule has 12 nitrogen and oxygen atoms in total. The van der Waals surface area contributed by atoms with Crippen LogP contribution in [0.25, 0.3) is 10.1 Å². The Hall–Kier alpha value is -1.49. The van der Waals surface area contributed by atoms with Crippen molar-refractivity contribution in [1.82, 2.24) is 3.96 Å². The van der Waals surface area contributed by atoms with E-state index in [-0.39, 0.29) is 0 Å². The molecule has 178 valence electrons. The molecule has 4 rings (SSSR count). The Bertz CT molecular complexity index is 978. The highest BCUT2D eigenvalue weighted by molar-refractivity contribution is 7.13. The van der Waals surface area contributed by atoms with E-state index in [1.54, 1.807) is 24.3 Å². The summed E-state index contributed by atoms with van der Waals surface area (Å²) in [5, 5.41) is 70.9. The van der Waals surface area contributed by atoms with Gasteiger partial charge in [0.05, 0.1) is 23.3 Å². The average Bonchev–Trinajstić information content (AvgIpc) is 3.13. The van der Waals surface area contributed by atoms with E-state index in [9.17, 15) is 40.5 Å². The van der Waals surface area contributed by atoms with Gasteiger partial charge in [-0.1, -0.05) is 23.7 Å². The van der Waals surface area contributed by atoms with E-state index in [0.717, 1.165) is 15.5 Å². The Labute approximate surface area is 185 Å². The number of aliphatic hydroxyl groups excluding tert-OH is 7. The van der Waals surface area contributed by atoms with E-state index in [1.807, 2.05) is 0 Å². The molecule has 0 radical (unpaired) electrons. The van der Waals surface area contributed by atoms with Crippen LogP contribution in [0.3, 0.4) is 0 Å². The van der Waals surface area contributed by atoms with Crippen molar-refractivity contribution in [2.45, 2.75) is 61.3 Å². The summed E-state index contributed by atoms with van der Waals surface area (Å²) in [6.45, 7) is -1.36. The maximum Gasteiger partial charge on any atom is 0.270 e. The molecule has 0 spiro atoms. The highest BCUT2D eigenvalue weighted by Gasteiger charge is 2.51. The van der Waals surface area contributed by atoms with Gasteiger partial charge in [-0.2, -0.15) is 0 Å². The van der Waals surface area contributed by atoms with Crippen LogP contribution in [0.15, 0.2) is 29.1 Å². The van der Waals surface area contributed by atoms with Crippen molar-refractivity contribution in [3.05, 3.63) is 34.6 Å². The summed E-state index contributed by atoms with van der Waals surface area (Å²) < 4.78 is 18.3. The van der Waals surface area contributed by atoms with Crippen molar-refractivity contribution in [1.29, 1.82) is 0 Å². The predicted molar refractivity (Wildman–Crippen MR) is 108 cm³/mol. The van der Waals surface area contributed by atoms with Gasteiger partial charge < -0.3 is 50.0 Å². The summed E-state index contributed by atoms with van der Waals surface area (Å²) >= 11 is 1.02. The zero-order chi connectivity index (χ0) is 23.2. The van der Waals surface area contributed by atoms with Gasteiger partial charge in [0.1, 0.15) is 48.8 Å². The number of benzene rings is 1. The highest BCUT2D eigenvalue weighted by Crippen LogP contribution is 2.34. The molecule has 7 N–H and O–H groups in total. The van der Waals surface area contributed by atoms with Crippen LogP contribution in [0, 0.1) is 0 Å². The maximum absolute atomic E-state index is 12.7. The van der Waals surface area contributed by atoms with Gasteiger partial charge in [-0.3, -0.25) is 4.79 Å². The van der Waals surface area contributed by atoms with E-state index in [1.165, 1.54) is 0 Å². The number of nitrogens with zero attached hydrogens (tertiary/aromatic N) is 1. The Morgan fingerprint density at radius 3 is 2.22 bits per heavy atom. The number of hydrogen-bond donors (Lipinski definition) is 7. The van der Waals surface area contributed by atoms with E-state index in [4.69, 9.17) is 14.2 Å². The van der Waals surface area contributed by atoms with Crippen LogP contribution in [0.1, 0.15) is 6.23 Å². The van der Waals surface area contributed by atoms with Gasteiger partial charge >= 0.3 is 0 Å². The quantitative estimate of drug-likeness (QED) is 0.231. The zero-order valence-electron chi connectivity index (χ0n) is 16.6. The van der Waals surface area contributed by atoms with E-state index < -0.39 is 80.1 Å². The molecule has 2 saturated heterocycles. The average molecular weight is 475 g/mol. The Kier molecular flexibility index (Phi) is 6.95. The van der Waals surface area contributed by atoms with Crippen molar-refractivity contribution in [2.75, 3.05) is 13.2 Å². The Balaban J connectivity index is 1.57. The van der Waals surface area contributed by atoms with Gasteiger partial charge in [-0.25, -0.2) is 3.96 Å². The summed E-state index contributed by atoms with van der Waals surface area (Å²) in [5.74, 6) is 0. The summed E-state index contributed by atoms with van der Waals surface area (Å²) in [7, 11) is 0. The summed E-state index contributed by atoms with van der Waals surface area (Å²) in [4.78, 5) is 12.7. The van der Waals surface area contributed by atoms with Crippen molar-refractivity contribution in [2.24, 2.45) is 0 Å².